The molecule has 0 fully saturated rings. The van der Waals surface area contributed by atoms with Gasteiger partial charge in [0.15, 0.2) is 0 Å². The Balaban J connectivity index is 2.31. The molecule has 3 aromatic carbocycles. The molecule has 3 aromatic rings. The van der Waals surface area contributed by atoms with Gasteiger partial charge in [0.05, 0.1) is 12.2 Å². The lowest BCUT2D eigenvalue weighted by atomic mass is 9.93. The van der Waals surface area contributed by atoms with Gasteiger partial charge in [0.1, 0.15) is 0 Å². The quantitative estimate of drug-likeness (QED) is 0.500. The van der Waals surface area contributed by atoms with Crippen molar-refractivity contribution in [3.8, 4) is 0 Å². The van der Waals surface area contributed by atoms with Crippen molar-refractivity contribution in [3.63, 3.8) is 0 Å². The van der Waals surface area contributed by atoms with Crippen LogP contribution in [0.5, 0.6) is 0 Å². The lowest BCUT2D eigenvalue weighted by Gasteiger charge is -2.17. The van der Waals surface area contributed by atoms with Crippen molar-refractivity contribution < 1.29 is 4.74 Å². The second-order valence-corrected chi connectivity index (χ2v) is 5.38. The summed E-state index contributed by atoms with van der Waals surface area (Å²) in [5.74, 6) is 0. The Kier molecular flexibility index (Phi) is 2.21. The molecule has 0 amide bonds. The zero-order valence-electron chi connectivity index (χ0n) is 11.2. The van der Waals surface area contributed by atoms with Gasteiger partial charge in [-0.25, -0.2) is 0 Å². The van der Waals surface area contributed by atoms with Gasteiger partial charge < -0.3 is 4.74 Å². The first-order valence-electron chi connectivity index (χ1n) is 6.85. The minimum absolute atomic E-state index is 0.136. The van der Waals surface area contributed by atoms with Crippen molar-refractivity contribution in [2.24, 2.45) is 0 Å². The van der Waals surface area contributed by atoms with Gasteiger partial charge in [-0.15, -0.1) is 0 Å². The summed E-state index contributed by atoms with van der Waals surface area (Å²) in [5.41, 5.74) is 2.61. The van der Waals surface area contributed by atoms with Crippen LogP contribution in [0, 0.1) is 0 Å². The molecule has 1 heteroatoms. The molecule has 0 saturated carbocycles. The second kappa shape index (κ2) is 3.82. The van der Waals surface area contributed by atoms with Crippen molar-refractivity contribution >= 4 is 21.5 Å². The monoisotopic (exact) mass is 248 g/mol. The van der Waals surface area contributed by atoms with Crippen LogP contribution in [0.2, 0.25) is 0 Å². The largest absolute Gasteiger partial charge is 0.366 e. The lowest BCUT2D eigenvalue weighted by molar-refractivity contribution is 0.00863. The average Bonchev–Trinajstić information content (AvgIpc) is 2.55. The first kappa shape index (κ1) is 11.0. The first-order chi connectivity index (χ1) is 9.25. The van der Waals surface area contributed by atoms with Crippen molar-refractivity contribution in [1.29, 1.82) is 0 Å². The summed E-state index contributed by atoms with van der Waals surface area (Å²) in [6, 6.07) is 17.5. The van der Waals surface area contributed by atoms with Crippen LogP contribution < -0.4 is 0 Å². The summed E-state index contributed by atoms with van der Waals surface area (Å²) in [6.07, 6.45) is 0.272. The van der Waals surface area contributed by atoms with E-state index >= 15 is 0 Å². The predicted molar refractivity (Wildman–Crippen MR) is 79.4 cm³/mol. The van der Waals surface area contributed by atoms with Gasteiger partial charge in [-0.05, 0) is 46.5 Å². The second-order valence-electron chi connectivity index (χ2n) is 5.38. The summed E-state index contributed by atoms with van der Waals surface area (Å²) in [5, 5.41) is 5.35. The summed E-state index contributed by atoms with van der Waals surface area (Å²) < 4.78 is 6.17. The Morgan fingerprint density at radius 1 is 0.684 bits per heavy atom. The standard InChI is InChI=1S/C18H16O/c1-11-15-7-3-5-13-9-10-14-6-4-8-16(12(2)19-11)18(14)17(13)15/h3-12H,1-2H3/t11-,12-/m0/s1. The van der Waals surface area contributed by atoms with Gasteiger partial charge in [-0.3, -0.25) is 0 Å². The van der Waals surface area contributed by atoms with Crippen LogP contribution in [0.25, 0.3) is 21.5 Å². The molecule has 1 aliphatic rings. The summed E-state index contributed by atoms with van der Waals surface area (Å²) in [6.45, 7) is 4.30. The molecule has 0 N–H and O–H groups in total. The zero-order valence-corrected chi connectivity index (χ0v) is 11.2. The fraction of sp³-hybridized carbons (Fsp3) is 0.222. The van der Waals surface area contributed by atoms with E-state index in [0.29, 0.717) is 0 Å². The van der Waals surface area contributed by atoms with Crippen LogP contribution in [0.3, 0.4) is 0 Å². The fourth-order valence-electron chi connectivity index (χ4n) is 3.34. The van der Waals surface area contributed by atoms with E-state index in [9.17, 15) is 0 Å². The van der Waals surface area contributed by atoms with Gasteiger partial charge in [-0.1, -0.05) is 48.5 Å². The normalized spacial score (nSPS) is 22.0. The third-order valence-corrected chi connectivity index (χ3v) is 4.23. The van der Waals surface area contributed by atoms with Gasteiger partial charge in [0, 0.05) is 0 Å². The van der Waals surface area contributed by atoms with E-state index in [4.69, 9.17) is 4.74 Å². The first-order valence-corrected chi connectivity index (χ1v) is 6.85. The highest BCUT2D eigenvalue weighted by Crippen LogP contribution is 2.41. The van der Waals surface area contributed by atoms with Crippen LogP contribution in [0.1, 0.15) is 37.2 Å². The van der Waals surface area contributed by atoms with Crippen LogP contribution in [-0.4, -0.2) is 0 Å². The molecule has 0 aromatic heterocycles. The van der Waals surface area contributed by atoms with Crippen LogP contribution in [0.15, 0.2) is 48.5 Å². The molecule has 4 rings (SSSR count). The molecule has 1 nitrogen and oxygen atoms in total. The smallest absolute Gasteiger partial charge is 0.0811 e. The molecule has 0 saturated heterocycles. The Hall–Kier alpha value is -1.86. The Bertz CT molecular complexity index is 721. The van der Waals surface area contributed by atoms with Gasteiger partial charge >= 0.3 is 0 Å². The highest BCUT2D eigenvalue weighted by Gasteiger charge is 2.22. The average molecular weight is 248 g/mol. The number of rotatable bonds is 0. The van der Waals surface area contributed by atoms with Gasteiger partial charge in [0.2, 0.25) is 0 Å². The van der Waals surface area contributed by atoms with Crippen molar-refractivity contribution in [2.75, 3.05) is 0 Å². The SMILES string of the molecule is C[C@@H]1O[C@@H](C)c2cccc3ccc4cccc1c4c23. The highest BCUT2D eigenvalue weighted by molar-refractivity contribution is 6.11. The van der Waals surface area contributed by atoms with Gasteiger partial charge in [0.25, 0.3) is 0 Å². The summed E-state index contributed by atoms with van der Waals surface area (Å²) >= 11 is 0. The molecule has 1 heterocycles. The van der Waals surface area contributed by atoms with E-state index < -0.39 is 0 Å². The van der Waals surface area contributed by atoms with Gasteiger partial charge in [-0.2, -0.15) is 0 Å². The fourth-order valence-corrected chi connectivity index (χ4v) is 3.34. The topological polar surface area (TPSA) is 9.23 Å². The van der Waals surface area contributed by atoms with Crippen molar-refractivity contribution in [2.45, 2.75) is 26.1 Å². The number of hydrogen-bond donors (Lipinski definition) is 0. The van der Waals surface area contributed by atoms with E-state index in [0.717, 1.165) is 0 Å². The molecule has 1 aliphatic heterocycles. The Morgan fingerprint density at radius 2 is 1.16 bits per heavy atom. The minimum atomic E-state index is 0.136. The Labute approximate surface area is 112 Å². The van der Waals surface area contributed by atoms with E-state index in [2.05, 4.69) is 62.4 Å². The molecule has 0 unspecified atom stereocenters. The molecule has 94 valence electrons. The van der Waals surface area contributed by atoms with Crippen molar-refractivity contribution in [3.05, 3.63) is 59.7 Å². The summed E-state index contributed by atoms with van der Waals surface area (Å²) in [7, 11) is 0. The molecular weight excluding hydrogens is 232 g/mol. The van der Waals surface area contributed by atoms with E-state index in [1.54, 1.807) is 0 Å². The molecule has 0 aliphatic carbocycles. The molecule has 0 spiro atoms. The lowest BCUT2D eigenvalue weighted by Crippen LogP contribution is -2.02. The van der Waals surface area contributed by atoms with E-state index in [1.165, 1.54) is 32.7 Å². The third kappa shape index (κ3) is 1.45. The summed E-state index contributed by atoms with van der Waals surface area (Å²) in [4.78, 5) is 0. The van der Waals surface area contributed by atoms with Crippen LogP contribution in [-0.2, 0) is 4.74 Å². The van der Waals surface area contributed by atoms with Crippen molar-refractivity contribution in [1.82, 2.24) is 0 Å². The van der Waals surface area contributed by atoms with Crippen LogP contribution >= 0.6 is 0 Å². The number of benzene rings is 3. The maximum atomic E-state index is 6.17. The molecule has 0 radical (unpaired) electrons. The maximum Gasteiger partial charge on any atom is 0.0811 e. The number of ether oxygens (including phenoxy) is 1. The number of hydrogen-bond acceptors (Lipinski definition) is 1. The molecule has 2 atom stereocenters. The zero-order chi connectivity index (χ0) is 13.0. The predicted octanol–water partition coefficient (Wildman–Crippen LogP) is 5.15. The molecule has 19 heavy (non-hydrogen) atoms. The third-order valence-electron chi connectivity index (χ3n) is 4.23. The highest BCUT2D eigenvalue weighted by atomic mass is 16.5. The maximum absolute atomic E-state index is 6.17. The molecular formula is C18H16O. The van der Waals surface area contributed by atoms with E-state index in [-0.39, 0.29) is 12.2 Å². The molecule has 0 bridgehead atoms. The van der Waals surface area contributed by atoms with E-state index in [1.807, 2.05) is 0 Å². The minimum Gasteiger partial charge on any atom is -0.366 e. The van der Waals surface area contributed by atoms with Crippen LogP contribution in [0.4, 0.5) is 0 Å². The Morgan fingerprint density at radius 3 is 1.63 bits per heavy atom.